The second-order valence-electron chi connectivity index (χ2n) is 8.15. The molecule has 0 fully saturated rings. The molecule has 0 saturated heterocycles. The Morgan fingerprint density at radius 2 is 1.53 bits per heavy atom. The number of fused-ring (bicyclic) bond motifs is 1. The Morgan fingerprint density at radius 3 is 2.29 bits per heavy atom. The lowest BCUT2D eigenvalue weighted by Crippen LogP contribution is -2.19. The molecule has 170 valence electrons. The monoisotopic (exact) mass is 451 g/mol. The number of pyridine rings is 1. The van der Waals surface area contributed by atoms with Crippen molar-refractivity contribution in [1.29, 1.82) is 0 Å². The van der Waals surface area contributed by atoms with Crippen LogP contribution in [-0.4, -0.2) is 31.4 Å². The van der Waals surface area contributed by atoms with Crippen LogP contribution < -0.4 is 10.3 Å². The molecule has 0 aliphatic heterocycles. The average Bonchev–Trinajstić information content (AvgIpc) is 3.31. The largest absolute Gasteiger partial charge is 0.494 e. The number of tetrazole rings is 1. The Bertz CT molecular complexity index is 1430. The molecule has 5 rings (SSSR count). The number of rotatable bonds is 9. The maximum atomic E-state index is 12.5. The number of aromatic nitrogens is 5. The van der Waals surface area contributed by atoms with Crippen molar-refractivity contribution >= 4 is 10.9 Å². The highest BCUT2D eigenvalue weighted by Crippen LogP contribution is 2.21. The first-order chi connectivity index (χ1) is 16.8. The van der Waals surface area contributed by atoms with E-state index in [0.29, 0.717) is 19.7 Å². The zero-order valence-electron chi connectivity index (χ0n) is 18.7. The molecule has 2 aromatic heterocycles. The molecule has 7 nitrogen and oxygen atoms in total. The van der Waals surface area contributed by atoms with Gasteiger partial charge in [0, 0.05) is 17.9 Å². The van der Waals surface area contributed by atoms with Gasteiger partial charge in [0.2, 0.25) is 0 Å². The second-order valence-corrected chi connectivity index (χ2v) is 8.15. The minimum Gasteiger partial charge on any atom is -0.494 e. The van der Waals surface area contributed by atoms with Crippen molar-refractivity contribution in [3.8, 4) is 5.75 Å². The predicted molar refractivity (Wildman–Crippen MR) is 131 cm³/mol. The number of aryl methyl sites for hydroxylation is 1. The summed E-state index contributed by atoms with van der Waals surface area (Å²) in [5.41, 5.74) is 3.13. The molecule has 0 unspecified atom stereocenters. The zero-order chi connectivity index (χ0) is 23.2. The van der Waals surface area contributed by atoms with Crippen LogP contribution in [0.15, 0.2) is 95.8 Å². The Morgan fingerprint density at radius 1 is 0.794 bits per heavy atom. The van der Waals surface area contributed by atoms with E-state index in [1.807, 2.05) is 77.5 Å². The second kappa shape index (κ2) is 10.1. The highest BCUT2D eigenvalue weighted by Gasteiger charge is 2.08. The summed E-state index contributed by atoms with van der Waals surface area (Å²) in [5.74, 6) is 1.62. The van der Waals surface area contributed by atoms with Gasteiger partial charge in [-0.1, -0.05) is 60.7 Å². The van der Waals surface area contributed by atoms with Gasteiger partial charge >= 0.3 is 0 Å². The fourth-order valence-corrected chi connectivity index (χ4v) is 4.00. The number of nitrogens with zero attached hydrogens (tertiary/aromatic N) is 5. The molecular weight excluding hydrogens is 426 g/mol. The molecule has 3 aromatic carbocycles. The summed E-state index contributed by atoms with van der Waals surface area (Å²) in [6.45, 7) is 1.74. The SMILES string of the molecule is O=c1ccc2cc(OCCCc3nnnn3Cc3ccccc3)ccc2n1Cc1ccccc1. The standard InChI is InChI=1S/C27H25N5O2/c33-27-16-13-23-18-24(14-15-25(23)31(27)19-21-8-3-1-4-9-21)34-17-7-12-26-28-29-30-32(26)20-22-10-5-2-6-11-22/h1-6,8-11,13-16,18H,7,12,17,19-20H2. The molecule has 0 bridgehead atoms. The first kappa shape index (κ1) is 21.6. The van der Waals surface area contributed by atoms with Gasteiger partial charge in [0.1, 0.15) is 5.75 Å². The van der Waals surface area contributed by atoms with E-state index >= 15 is 0 Å². The molecule has 0 aliphatic carbocycles. The lowest BCUT2D eigenvalue weighted by Gasteiger charge is -2.12. The third-order valence-corrected chi connectivity index (χ3v) is 5.74. The molecule has 0 amide bonds. The van der Waals surface area contributed by atoms with Gasteiger partial charge in [0.15, 0.2) is 5.82 Å². The van der Waals surface area contributed by atoms with Crippen LogP contribution in [0.1, 0.15) is 23.4 Å². The van der Waals surface area contributed by atoms with Crippen LogP contribution in [-0.2, 0) is 19.5 Å². The van der Waals surface area contributed by atoms with Gasteiger partial charge in [-0.05, 0) is 52.2 Å². The van der Waals surface area contributed by atoms with Crippen molar-refractivity contribution in [2.24, 2.45) is 0 Å². The summed E-state index contributed by atoms with van der Waals surface area (Å²) in [5, 5.41) is 13.1. The van der Waals surface area contributed by atoms with Crippen LogP contribution >= 0.6 is 0 Å². The van der Waals surface area contributed by atoms with E-state index in [4.69, 9.17) is 4.74 Å². The highest BCUT2D eigenvalue weighted by atomic mass is 16.5. The van der Waals surface area contributed by atoms with Crippen molar-refractivity contribution in [3.63, 3.8) is 0 Å². The van der Waals surface area contributed by atoms with Gasteiger partial charge in [0.25, 0.3) is 5.56 Å². The number of hydrogen-bond donors (Lipinski definition) is 0. The molecule has 2 heterocycles. The van der Waals surface area contributed by atoms with Crippen LogP contribution in [0.3, 0.4) is 0 Å². The summed E-state index contributed by atoms with van der Waals surface area (Å²) in [6, 6.07) is 29.5. The number of ether oxygens (including phenoxy) is 1. The first-order valence-corrected chi connectivity index (χ1v) is 11.4. The quantitative estimate of drug-likeness (QED) is 0.316. The van der Waals surface area contributed by atoms with Crippen LogP contribution in [0.2, 0.25) is 0 Å². The van der Waals surface area contributed by atoms with Crippen LogP contribution in [0, 0.1) is 0 Å². The third kappa shape index (κ3) is 5.04. The van der Waals surface area contributed by atoms with Gasteiger partial charge in [0.05, 0.1) is 25.2 Å². The van der Waals surface area contributed by atoms with E-state index in [-0.39, 0.29) is 5.56 Å². The van der Waals surface area contributed by atoms with E-state index in [1.54, 1.807) is 10.6 Å². The minimum absolute atomic E-state index is 0.0155. The van der Waals surface area contributed by atoms with E-state index < -0.39 is 0 Å². The molecular formula is C27H25N5O2. The van der Waals surface area contributed by atoms with E-state index in [2.05, 4.69) is 27.7 Å². The summed E-state index contributed by atoms with van der Waals surface area (Å²) < 4.78 is 9.62. The van der Waals surface area contributed by atoms with Crippen molar-refractivity contribution in [2.45, 2.75) is 25.9 Å². The van der Waals surface area contributed by atoms with Crippen molar-refractivity contribution in [2.75, 3.05) is 6.61 Å². The lowest BCUT2D eigenvalue weighted by atomic mass is 10.1. The fourth-order valence-electron chi connectivity index (χ4n) is 4.00. The van der Waals surface area contributed by atoms with Crippen LogP contribution in [0.5, 0.6) is 5.75 Å². The summed E-state index contributed by atoms with van der Waals surface area (Å²) in [6.07, 6.45) is 1.52. The molecule has 34 heavy (non-hydrogen) atoms. The summed E-state index contributed by atoms with van der Waals surface area (Å²) in [7, 11) is 0. The Hall–Kier alpha value is -4.26. The van der Waals surface area contributed by atoms with Crippen molar-refractivity contribution in [1.82, 2.24) is 24.8 Å². The van der Waals surface area contributed by atoms with Crippen LogP contribution in [0.25, 0.3) is 10.9 Å². The topological polar surface area (TPSA) is 74.8 Å². The molecule has 0 aliphatic rings. The highest BCUT2D eigenvalue weighted by molar-refractivity contribution is 5.80. The van der Waals surface area contributed by atoms with Gasteiger partial charge in [-0.2, -0.15) is 0 Å². The van der Waals surface area contributed by atoms with Crippen LogP contribution in [0.4, 0.5) is 0 Å². The maximum absolute atomic E-state index is 12.5. The fraction of sp³-hybridized carbons (Fsp3) is 0.185. The van der Waals surface area contributed by atoms with Gasteiger partial charge < -0.3 is 9.30 Å². The Kier molecular flexibility index (Phi) is 6.42. The molecule has 0 spiro atoms. The molecule has 0 saturated carbocycles. The molecule has 5 aromatic rings. The van der Waals surface area contributed by atoms with Crippen molar-refractivity contribution in [3.05, 3.63) is 118 Å². The van der Waals surface area contributed by atoms with E-state index in [1.165, 1.54) is 0 Å². The smallest absolute Gasteiger partial charge is 0.251 e. The summed E-state index contributed by atoms with van der Waals surface area (Å²) in [4.78, 5) is 12.5. The maximum Gasteiger partial charge on any atom is 0.251 e. The third-order valence-electron chi connectivity index (χ3n) is 5.74. The van der Waals surface area contributed by atoms with Gasteiger partial charge in [-0.3, -0.25) is 4.79 Å². The number of benzene rings is 3. The lowest BCUT2D eigenvalue weighted by molar-refractivity contribution is 0.309. The van der Waals surface area contributed by atoms with E-state index in [0.717, 1.165) is 46.4 Å². The van der Waals surface area contributed by atoms with Gasteiger partial charge in [-0.15, -0.1) is 5.10 Å². The molecule has 0 atom stereocenters. The average molecular weight is 452 g/mol. The van der Waals surface area contributed by atoms with Gasteiger partial charge in [-0.25, -0.2) is 4.68 Å². The normalized spacial score (nSPS) is 11.1. The first-order valence-electron chi connectivity index (χ1n) is 11.4. The molecule has 0 N–H and O–H groups in total. The molecule has 0 radical (unpaired) electrons. The molecule has 7 heteroatoms. The Labute approximate surface area is 197 Å². The zero-order valence-corrected chi connectivity index (χ0v) is 18.7. The van der Waals surface area contributed by atoms with Crippen molar-refractivity contribution < 1.29 is 4.74 Å². The minimum atomic E-state index is -0.0155. The Balaban J connectivity index is 1.21. The van der Waals surface area contributed by atoms with E-state index in [9.17, 15) is 4.79 Å². The predicted octanol–water partition coefficient (Wildman–Crippen LogP) is 4.10. The number of hydrogen-bond acceptors (Lipinski definition) is 5. The summed E-state index contributed by atoms with van der Waals surface area (Å²) >= 11 is 0.